The minimum absolute atomic E-state index is 0.0616. The van der Waals surface area contributed by atoms with Crippen LogP contribution < -0.4 is 10.6 Å². The van der Waals surface area contributed by atoms with Gasteiger partial charge in [0.05, 0.1) is 6.42 Å². The van der Waals surface area contributed by atoms with Crippen molar-refractivity contribution in [1.82, 2.24) is 5.32 Å². The van der Waals surface area contributed by atoms with Gasteiger partial charge in [-0.1, -0.05) is 13.3 Å². The average molecular weight is 376 g/mol. The number of benzene rings is 1. The van der Waals surface area contributed by atoms with E-state index in [0.29, 0.717) is 12.1 Å². The highest BCUT2D eigenvalue weighted by molar-refractivity contribution is 14.1. The molecule has 2 amide bonds. The number of carboxylic acid groups (broad SMARTS) is 1. The second-order valence-electron chi connectivity index (χ2n) is 4.19. The molecule has 1 rings (SSSR count). The summed E-state index contributed by atoms with van der Waals surface area (Å²) in [6.07, 6.45) is 1.40. The number of urea groups is 1. The molecule has 0 aliphatic heterocycles. The molecule has 19 heavy (non-hydrogen) atoms. The van der Waals surface area contributed by atoms with Crippen LogP contribution >= 0.6 is 22.6 Å². The monoisotopic (exact) mass is 376 g/mol. The molecule has 1 aromatic carbocycles. The van der Waals surface area contributed by atoms with Gasteiger partial charge in [-0.2, -0.15) is 0 Å². The van der Waals surface area contributed by atoms with Crippen LogP contribution in [-0.2, 0) is 4.79 Å². The Bertz CT molecular complexity index is 434. The Morgan fingerprint density at radius 1 is 1.32 bits per heavy atom. The zero-order valence-electron chi connectivity index (χ0n) is 10.6. The van der Waals surface area contributed by atoms with Gasteiger partial charge in [0.1, 0.15) is 0 Å². The number of amides is 2. The SMILES string of the molecule is CCCC(CC(=O)O)NC(=O)Nc1ccc(I)cc1. The van der Waals surface area contributed by atoms with Gasteiger partial charge in [-0.15, -0.1) is 0 Å². The van der Waals surface area contributed by atoms with E-state index in [0.717, 1.165) is 9.99 Å². The van der Waals surface area contributed by atoms with E-state index in [1.165, 1.54) is 0 Å². The van der Waals surface area contributed by atoms with Crippen molar-refractivity contribution in [3.05, 3.63) is 27.8 Å². The number of nitrogens with one attached hydrogen (secondary N) is 2. The third-order valence-electron chi connectivity index (χ3n) is 2.50. The first kappa shape index (κ1) is 15.7. The van der Waals surface area contributed by atoms with E-state index in [1.54, 1.807) is 12.1 Å². The van der Waals surface area contributed by atoms with E-state index in [4.69, 9.17) is 5.11 Å². The molecule has 1 atom stereocenters. The molecule has 0 saturated heterocycles. The Morgan fingerprint density at radius 3 is 2.47 bits per heavy atom. The minimum Gasteiger partial charge on any atom is -0.481 e. The van der Waals surface area contributed by atoms with Gasteiger partial charge in [-0.25, -0.2) is 4.79 Å². The standard InChI is InChI=1S/C13H17IN2O3/c1-2-3-11(8-12(17)18)16-13(19)15-10-6-4-9(14)5-7-10/h4-7,11H,2-3,8H2,1H3,(H,17,18)(H2,15,16,19). The lowest BCUT2D eigenvalue weighted by atomic mass is 10.1. The van der Waals surface area contributed by atoms with Gasteiger partial charge in [-0.3, -0.25) is 4.79 Å². The lowest BCUT2D eigenvalue weighted by Crippen LogP contribution is -2.39. The van der Waals surface area contributed by atoms with Crippen LogP contribution in [0.15, 0.2) is 24.3 Å². The summed E-state index contributed by atoms with van der Waals surface area (Å²) in [6.45, 7) is 1.95. The number of rotatable bonds is 6. The van der Waals surface area contributed by atoms with Crippen LogP contribution in [0.4, 0.5) is 10.5 Å². The molecule has 5 nitrogen and oxygen atoms in total. The Hall–Kier alpha value is -1.31. The summed E-state index contributed by atoms with van der Waals surface area (Å²) in [4.78, 5) is 22.4. The first-order valence-electron chi connectivity index (χ1n) is 6.06. The van der Waals surface area contributed by atoms with Crippen molar-refractivity contribution in [2.45, 2.75) is 32.2 Å². The maximum atomic E-state index is 11.7. The molecule has 0 heterocycles. The van der Waals surface area contributed by atoms with Crippen molar-refractivity contribution in [2.75, 3.05) is 5.32 Å². The van der Waals surface area contributed by atoms with E-state index >= 15 is 0 Å². The molecule has 0 saturated carbocycles. The third-order valence-corrected chi connectivity index (χ3v) is 3.21. The molecule has 0 aliphatic rings. The fourth-order valence-corrected chi connectivity index (χ4v) is 2.03. The molecule has 3 N–H and O–H groups in total. The van der Waals surface area contributed by atoms with Crippen molar-refractivity contribution in [1.29, 1.82) is 0 Å². The summed E-state index contributed by atoms with van der Waals surface area (Å²) in [7, 11) is 0. The topological polar surface area (TPSA) is 78.4 Å². The lowest BCUT2D eigenvalue weighted by molar-refractivity contribution is -0.137. The molecule has 0 aromatic heterocycles. The summed E-state index contributed by atoms with van der Waals surface area (Å²) >= 11 is 2.18. The average Bonchev–Trinajstić information content (AvgIpc) is 2.31. The van der Waals surface area contributed by atoms with Gasteiger partial charge in [0.15, 0.2) is 0 Å². The number of hydrogen-bond donors (Lipinski definition) is 3. The molecule has 1 aromatic rings. The van der Waals surface area contributed by atoms with Crippen LogP contribution in [0.25, 0.3) is 0 Å². The van der Waals surface area contributed by atoms with Crippen molar-refractivity contribution < 1.29 is 14.7 Å². The maximum absolute atomic E-state index is 11.7. The molecule has 0 bridgehead atoms. The lowest BCUT2D eigenvalue weighted by Gasteiger charge is -2.16. The predicted octanol–water partition coefficient (Wildman–Crippen LogP) is 3.06. The number of carboxylic acids is 1. The summed E-state index contributed by atoms with van der Waals surface area (Å²) in [5.41, 5.74) is 0.684. The van der Waals surface area contributed by atoms with Gasteiger partial charge in [0.2, 0.25) is 0 Å². The van der Waals surface area contributed by atoms with Crippen molar-refractivity contribution in [2.24, 2.45) is 0 Å². The first-order chi connectivity index (χ1) is 9.01. The molecule has 6 heteroatoms. The molecule has 0 fully saturated rings. The maximum Gasteiger partial charge on any atom is 0.319 e. The Labute approximate surface area is 125 Å². The van der Waals surface area contributed by atoms with Crippen LogP contribution in [0.2, 0.25) is 0 Å². The Morgan fingerprint density at radius 2 is 1.95 bits per heavy atom. The quantitative estimate of drug-likeness (QED) is 0.668. The van der Waals surface area contributed by atoms with Crippen LogP contribution in [0.5, 0.6) is 0 Å². The van der Waals surface area contributed by atoms with E-state index in [2.05, 4.69) is 33.2 Å². The Balaban J connectivity index is 2.52. The fraction of sp³-hybridized carbons (Fsp3) is 0.385. The van der Waals surface area contributed by atoms with Gasteiger partial charge in [-0.05, 0) is 53.3 Å². The summed E-state index contributed by atoms with van der Waals surface area (Å²) in [6, 6.07) is 6.65. The molecular weight excluding hydrogens is 359 g/mol. The van der Waals surface area contributed by atoms with Gasteiger partial charge < -0.3 is 15.7 Å². The van der Waals surface area contributed by atoms with Gasteiger partial charge in [0, 0.05) is 15.3 Å². The highest BCUT2D eigenvalue weighted by Crippen LogP contribution is 2.11. The smallest absolute Gasteiger partial charge is 0.319 e. The normalized spacial score (nSPS) is 11.7. The predicted molar refractivity (Wildman–Crippen MR) is 82.3 cm³/mol. The number of halogens is 1. The Kier molecular flexibility index (Phi) is 6.61. The zero-order valence-corrected chi connectivity index (χ0v) is 12.8. The minimum atomic E-state index is -0.909. The number of anilines is 1. The number of hydrogen-bond acceptors (Lipinski definition) is 2. The highest BCUT2D eigenvalue weighted by atomic mass is 127. The molecule has 0 spiro atoms. The fourth-order valence-electron chi connectivity index (χ4n) is 1.67. The van der Waals surface area contributed by atoms with Crippen LogP contribution in [0, 0.1) is 3.57 Å². The van der Waals surface area contributed by atoms with E-state index in [9.17, 15) is 9.59 Å². The molecule has 0 radical (unpaired) electrons. The first-order valence-corrected chi connectivity index (χ1v) is 7.14. The van der Waals surface area contributed by atoms with Gasteiger partial charge in [0.25, 0.3) is 0 Å². The number of aliphatic carboxylic acids is 1. The largest absolute Gasteiger partial charge is 0.481 e. The number of carbonyl (C=O) groups is 2. The number of carbonyl (C=O) groups excluding carboxylic acids is 1. The van der Waals surface area contributed by atoms with Crippen molar-refractivity contribution in [3.63, 3.8) is 0 Å². The third kappa shape index (κ3) is 6.42. The highest BCUT2D eigenvalue weighted by Gasteiger charge is 2.14. The van der Waals surface area contributed by atoms with Crippen molar-refractivity contribution >= 4 is 40.3 Å². The van der Waals surface area contributed by atoms with Crippen LogP contribution in [-0.4, -0.2) is 23.1 Å². The summed E-state index contributed by atoms with van der Waals surface area (Å²) in [5, 5.41) is 14.1. The summed E-state index contributed by atoms with van der Waals surface area (Å²) < 4.78 is 1.08. The van der Waals surface area contributed by atoms with Crippen LogP contribution in [0.3, 0.4) is 0 Å². The zero-order chi connectivity index (χ0) is 14.3. The molecular formula is C13H17IN2O3. The van der Waals surface area contributed by atoms with E-state index in [1.807, 2.05) is 19.1 Å². The second kappa shape index (κ2) is 7.98. The van der Waals surface area contributed by atoms with Crippen LogP contribution in [0.1, 0.15) is 26.2 Å². The van der Waals surface area contributed by atoms with E-state index < -0.39 is 5.97 Å². The molecule has 1 unspecified atom stereocenters. The van der Waals surface area contributed by atoms with Gasteiger partial charge >= 0.3 is 12.0 Å². The second-order valence-corrected chi connectivity index (χ2v) is 5.43. The van der Waals surface area contributed by atoms with Crippen molar-refractivity contribution in [3.8, 4) is 0 Å². The molecule has 104 valence electrons. The molecule has 0 aliphatic carbocycles. The summed E-state index contributed by atoms with van der Waals surface area (Å²) in [5.74, 6) is -0.909. The van der Waals surface area contributed by atoms with E-state index in [-0.39, 0.29) is 18.5 Å².